The predicted octanol–water partition coefficient (Wildman–Crippen LogP) is -3.70. The number of phenolic OH excluding ortho intramolecular Hbond substituents is 1. The molecule has 0 radical (unpaired) electrons. The van der Waals surface area contributed by atoms with Gasteiger partial charge >= 0.3 is 0 Å². The molecular weight excluding hydrogens is 443 g/mol. The van der Waals surface area contributed by atoms with Crippen LogP contribution < -0.4 is 34.8 Å². The number of phenols is 1. The smallest absolute Gasteiger partial charge is 0.219 e. The van der Waals surface area contributed by atoms with Crippen LogP contribution in [0.1, 0.15) is 57.0 Å². The first kappa shape index (κ1) is 23.1. The molecule has 5 N–H and O–H groups in total. The Morgan fingerprint density at radius 2 is 1.32 bits per heavy atom. The maximum atomic E-state index is 10.6. The minimum atomic E-state index is -0.585. The molecule has 2 aliphatic heterocycles. The molecule has 3 aromatic rings. The van der Waals surface area contributed by atoms with Crippen molar-refractivity contribution in [2.75, 3.05) is 0 Å². The van der Waals surface area contributed by atoms with E-state index >= 15 is 0 Å². The quantitative estimate of drug-likeness (QED) is 0.361. The molecule has 0 fully saturated rings. The van der Waals surface area contributed by atoms with E-state index < -0.39 is 12.2 Å². The second-order valence-electron chi connectivity index (χ2n) is 7.60. The average molecular weight is 465 g/mol. The molecule has 164 valence electrons. The third kappa shape index (κ3) is 3.57. The van der Waals surface area contributed by atoms with Gasteiger partial charge in [-0.2, -0.15) is 0 Å². The van der Waals surface area contributed by atoms with E-state index in [4.69, 9.17) is 9.47 Å². The molecule has 0 spiro atoms. The molecule has 5 rings (SSSR count). The summed E-state index contributed by atoms with van der Waals surface area (Å²) in [6, 6.07) is 5.21. The molecule has 0 saturated heterocycles. The van der Waals surface area contributed by atoms with Gasteiger partial charge < -0.3 is 49.6 Å². The zero-order valence-electron chi connectivity index (χ0n) is 16.9. The van der Waals surface area contributed by atoms with Gasteiger partial charge in [0.15, 0.2) is 23.9 Å². The largest absolute Gasteiger partial charge is 1.00 e. The Bertz CT molecular complexity index is 1160. The minimum Gasteiger partial charge on any atom is -1.00 e. The number of H-pyrrole nitrogens is 2. The van der Waals surface area contributed by atoms with E-state index in [2.05, 4.69) is 9.97 Å². The van der Waals surface area contributed by atoms with E-state index in [-0.39, 0.29) is 42.1 Å². The highest BCUT2D eigenvalue weighted by Gasteiger charge is 2.36. The first-order chi connectivity index (χ1) is 14.0. The van der Waals surface area contributed by atoms with Gasteiger partial charge in [-0.3, -0.25) is 0 Å². The number of hydrogen-bond donors (Lipinski definition) is 3. The zero-order valence-corrected chi connectivity index (χ0v) is 18.4. The number of fused-ring (bicyclic) bond motifs is 2. The molecule has 1 aromatic carbocycles. The van der Waals surface area contributed by atoms with Gasteiger partial charge in [-0.15, -0.1) is 0 Å². The summed E-state index contributed by atoms with van der Waals surface area (Å²) < 4.78 is 11.9. The molecule has 2 atom stereocenters. The van der Waals surface area contributed by atoms with Gasteiger partial charge in [0, 0.05) is 30.5 Å². The normalized spacial score (nSPS) is 18.6. The van der Waals surface area contributed by atoms with Crippen LogP contribution in [0.4, 0.5) is 0 Å². The Morgan fingerprint density at radius 1 is 0.806 bits per heavy atom. The molecule has 0 aliphatic carbocycles. The van der Waals surface area contributed by atoms with Crippen molar-refractivity contribution >= 4 is 0 Å². The molecule has 31 heavy (non-hydrogen) atoms. The first-order valence-electron chi connectivity index (χ1n) is 9.47. The number of nitrogens with one attached hydrogen (secondary N) is 2. The van der Waals surface area contributed by atoms with Gasteiger partial charge in [0.05, 0.1) is 24.3 Å². The number of hydrogen-bond acceptors (Lipinski definition) is 5. The lowest BCUT2D eigenvalue weighted by Gasteiger charge is -2.18. The van der Waals surface area contributed by atoms with Crippen molar-refractivity contribution in [3.63, 3.8) is 0 Å². The molecule has 2 aromatic heterocycles. The average Bonchev–Trinajstić information content (AvgIpc) is 3.33. The number of aromatic nitrogens is 2. The van der Waals surface area contributed by atoms with Crippen LogP contribution >= 0.6 is 0 Å². The monoisotopic (exact) mass is 464 g/mol. The third-order valence-electron chi connectivity index (χ3n) is 5.81. The minimum absolute atomic E-state index is 0. The number of aromatic amines is 2. The van der Waals surface area contributed by atoms with Crippen LogP contribution in [0.3, 0.4) is 0 Å². The van der Waals surface area contributed by atoms with Gasteiger partial charge in [-0.05, 0) is 17.7 Å². The number of ether oxygens (including phenoxy) is 2. The van der Waals surface area contributed by atoms with Crippen LogP contribution in [0.5, 0.6) is 17.2 Å². The second-order valence-corrected chi connectivity index (χ2v) is 7.60. The fourth-order valence-corrected chi connectivity index (χ4v) is 4.18. The van der Waals surface area contributed by atoms with E-state index in [1.54, 1.807) is 26.0 Å². The number of benzene rings is 1. The maximum absolute atomic E-state index is 10.6. The lowest BCUT2D eigenvalue weighted by molar-refractivity contribution is -0.389. The van der Waals surface area contributed by atoms with Crippen LogP contribution in [0, 0.1) is 13.8 Å². The number of aryl methyl sites for hydroxylation is 2. The maximum Gasteiger partial charge on any atom is 0.219 e. The van der Waals surface area contributed by atoms with Crippen LogP contribution in [0.15, 0.2) is 30.6 Å². The van der Waals surface area contributed by atoms with E-state index in [0.717, 1.165) is 22.3 Å². The molecule has 7 nitrogen and oxygen atoms in total. The summed E-state index contributed by atoms with van der Waals surface area (Å²) in [6.07, 6.45) is 2.63. The van der Waals surface area contributed by atoms with Crippen LogP contribution in [0.25, 0.3) is 0 Å². The Hall–Kier alpha value is -2.58. The van der Waals surface area contributed by atoms with Crippen molar-refractivity contribution in [2.45, 2.75) is 39.3 Å². The number of rotatable bonds is 2. The molecule has 0 amide bonds. The summed E-state index contributed by atoms with van der Waals surface area (Å²) in [5.74, 6) is 0.406. The van der Waals surface area contributed by atoms with Crippen LogP contribution in [0.2, 0.25) is 0 Å². The summed E-state index contributed by atoms with van der Waals surface area (Å²) in [5.41, 5.74) is 5.82. The third-order valence-corrected chi connectivity index (χ3v) is 5.81. The number of halogens is 2. The molecule has 2 unspecified atom stereocenters. The lowest BCUT2D eigenvalue weighted by atomic mass is 9.93. The molecule has 0 saturated carbocycles. The van der Waals surface area contributed by atoms with Crippen LogP contribution in [-0.4, -0.2) is 15.3 Å². The summed E-state index contributed by atoms with van der Waals surface area (Å²) in [4.78, 5) is 6.06. The molecule has 9 heteroatoms. The standard InChI is InChI=1S/C22H20N2O5.2ClH/c1-10-19(26)17-13(6-23-10)8-28-21(17)12-3-4-16(25)15(5-12)22-18-14(9-29-22)7-24-11(2)20(18)27;;/h3-7,21-22,25-27H,8-9H2,1-2H3;2*1H. The summed E-state index contributed by atoms with van der Waals surface area (Å²) in [7, 11) is 0. The summed E-state index contributed by atoms with van der Waals surface area (Å²) in [5, 5.41) is 31.7. The fraction of sp³-hybridized carbons (Fsp3) is 0.273. The highest BCUT2D eigenvalue weighted by atomic mass is 35.5. The van der Waals surface area contributed by atoms with Gasteiger partial charge in [-0.25, -0.2) is 9.97 Å². The molecule has 2 aliphatic rings. The zero-order chi connectivity index (χ0) is 20.3. The van der Waals surface area contributed by atoms with Gasteiger partial charge in [0.2, 0.25) is 11.4 Å². The van der Waals surface area contributed by atoms with E-state index in [0.29, 0.717) is 35.7 Å². The summed E-state index contributed by atoms with van der Waals surface area (Å²) in [6.45, 7) is 4.32. The highest BCUT2D eigenvalue weighted by molar-refractivity contribution is 5.53. The van der Waals surface area contributed by atoms with Crippen molar-refractivity contribution < 1.29 is 59.6 Å². The SMILES string of the molecule is Cc1[nH+]cc2c(c1O)C(c1ccc(O)c(C3OCc4c[nH+]c(C)c(O)c43)c1)OC2.[Cl-].[Cl-]. The topological polar surface area (TPSA) is 107 Å². The second kappa shape index (κ2) is 8.51. The van der Waals surface area contributed by atoms with Crippen molar-refractivity contribution in [1.29, 1.82) is 0 Å². The van der Waals surface area contributed by atoms with Gasteiger partial charge in [-0.1, -0.05) is 6.07 Å². The van der Waals surface area contributed by atoms with Gasteiger partial charge in [0.25, 0.3) is 0 Å². The van der Waals surface area contributed by atoms with Crippen molar-refractivity contribution in [3.8, 4) is 17.2 Å². The van der Waals surface area contributed by atoms with E-state index in [1.807, 2.05) is 18.5 Å². The summed E-state index contributed by atoms with van der Waals surface area (Å²) >= 11 is 0. The molecule has 0 bridgehead atoms. The Labute approximate surface area is 191 Å². The van der Waals surface area contributed by atoms with E-state index in [1.165, 1.54) is 0 Å². The Morgan fingerprint density at radius 3 is 1.90 bits per heavy atom. The molecular formula is C22H22Cl2N2O5. The Kier molecular flexibility index (Phi) is 6.34. The first-order valence-corrected chi connectivity index (χ1v) is 9.47. The highest BCUT2D eigenvalue weighted by Crippen LogP contribution is 2.46. The van der Waals surface area contributed by atoms with Crippen molar-refractivity contribution in [3.05, 3.63) is 75.4 Å². The molecule has 4 heterocycles. The van der Waals surface area contributed by atoms with Crippen LogP contribution in [-0.2, 0) is 22.7 Å². The van der Waals surface area contributed by atoms with Gasteiger partial charge in [0.1, 0.15) is 18.0 Å². The lowest BCUT2D eigenvalue weighted by Crippen LogP contribution is -3.00. The fourth-order valence-electron chi connectivity index (χ4n) is 4.18. The predicted molar refractivity (Wildman–Crippen MR) is 100 cm³/mol. The Balaban J connectivity index is 0.00000136. The number of pyridine rings is 2. The van der Waals surface area contributed by atoms with E-state index in [9.17, 15) is 15.3 Å². The van der Waals surface area contributed by atoms with Crippen molar-refractivity contribution in [2.24, 2.45) is 0 Å². The number of aromatic hydroxyl groups is 3. The van der Waals surface area contributed by atoms with Crippen molar-refractivity contribution in [1.82, 2.24) is 0 Å².